The molecular weight excluding hydrogens is 328 g/mol. The normalized spacial score (nSPS) is 12.5. The number of hydrogen-bond donors (Lipinski definition) is 1. The van der Waals surface area contributed by atoms with Crippen molar-refractivity contribution in [3.63, 3.8) is 0 Å². The maximum Gasteiger partial charge on any atom is 0.133 e. The molecule has 1 N–H and O–H groups in total. The summed E-state index contributed by atoms with van der Waals surface area (Å²) in [5.41, 5.74) is -1.09. The molecule has 2 rings (SSSR count). The number of hydrogen-bond acceptors (Lipinski definition) is 1. The second-order valence-electron chi connectivity index (χ2n) is 3.85. The van der Waals surface area contributed by atoms with Crippen LogP contribution >= 0.6 is 15.9 Å². The molecule has 19 heavy (non-hydrogen) atoms. The standard InChI is InChI=1S/C13H7BrF4O/c14-6-3-10(17)12(11(18)4-6)13(19)8-2-1-7(15)5-9(8)16/h1-5,13,19H. The van der Waals surface area contributed by atoms with Gasteiger partial charge in [0.05, 0.1) is 5.56 Å². The third kappa shape index (κ3) is 2.79. The van der Waals surface area contributed by atoms with Crippen LogP contribution in [0.5, 0.6) is 0 Å². The fourth-order valence-electron chi connectivity index (χ4n) is 1.69. The first kappa shape index (κ1) is 14.0. The highest BCUT2D eigenvalue weighted by molar-refractivity contribution is 9.10. The van der Waals surface area contributed by atoms with E-state index in [-0.39, 0.29) is 4.47 Å². The molecule has 2 aromatic rings. The van der Waals surface area contributed by atoms with Gasteiger partial charge in [-0.1, -0.05) is 22.0 Å². The van der Waals surface area contributed by atoms with Crippen LogP contribution in [0.15, 0.2) is 34.8 Å². The molecule has 0 amide bonds. The van der Waals surface area contributed by atoms with E-state index in [1.807, 2.05) is 0 Å². The molecule has 100 valence electrons. The smallest absolute Gasteiger partial charge is 0.133 e. The Labute approximate surface area is 114 Å². The Hall–Kier alpha value is -1.40. The van der Waals surface area contributed by atoms with Gasteiger partial charge in [0.25, 0.3) is 0 Å². The zero-order valence-corrected chi connectivity index (χ0v) is 10.9. The van der Waals surface area contributed by atoms with Crippen molar-refractivity contribution in [2.24, 2.45) is 0 Å². The molecule has 0 saturated heterocycles. The van der Waals surface area contributed by atoms with Gasteiger partial charge in [0, 0.05) is 16.1 Å². The lowest BCUT2D eigenvalue weighted by Gasteiger charge is -2.14. The van der Waals surface area contributed by atoms with Gasteiger partial charge in [0.15, 0.2) is 0 Å². The molecule has 1 atom stereocenters. The molecule has 2 aromatic carbocycles. The molecule has 0 heterocycles. The van der Waals surface area contributed by atoms with Crippen LogP contribution in [0, 0.1) is 23.3 Å². The van der Waals surface area contributed by atoms with E-state index >= 15 is 0 Å². The van der Waals surface area contributed by atoms with Gasteiger partial charge >= 0.3 is 0 Å². The molecule has 0 radical (unpaired) electrons. The zero-order chi connectivity index (χ0) is 14.2. The Balaban J connectivity index is 2.53. The van der Waals surface area contributed by atoms with E-state index in [4.69, 9.17) is 0 Å². The van der Waals surface area contributed by atoms with E-state index in [2.05, 4.69) is 15.9 Å². The highest BCUT2D eigenvalue weighted by Crippen LogP contribution is 2.30. The number of halogens is 5. The first-order chi connectivity index (χ1) is 8.90. The summed E-state index contributed by atoms with van der Waals surface area (Å²) in [7, 11) is 0. The highest BCUT2D eigenvalue weighted by atomic mass is 79.9. The second kappa shape index (κ2) is 5.30. The predicted molar refractivity (Wildman–Crippen MR) is 64.5 cm³/mol. The largest absolute Gasteiger partial charge is 0.383 e. The molecule has 0 aromatic heterocycles. The molecule has 0 bridgehead atoms. The minimum atomic E-state index is -1.85. The summed E-state index contributed by atoms with van der Waals surface area (Å²) < 4.78 is 53.6. The van der Waals surface area contributed by atoms with Gasteiger partial charge in [0.2, 0.25) is 0 Å². The lowest BCUT2D eigenvalue weighted by Crippen LogP contribution is -2.08. The van der Waals surface area contributed by atoms with Crippen LogP contribution in [-0.2, 0) is 0 Å². The van der Waals surface area contributed by atoms with Crippen molar-refractivity contribution in [1.29, 1.82) is 0 Å². The summed E-state index contributed by atoms with van der Waals surface area (Å²) in [4.78, 5) is 0. The maximum atomic E-state index is 13.6. The summed E-state index contributed by atoms with van der Waals surface area (Å²) in [5.74, 6) is -3.97. The van der Waals surface area contributed by atoms with Crippen molar-refractivity contribution < 1.29 is 22.7 Å². The summed E-state index contributed by atoms with van der Waals surface area (Å²) in [5, 5.41) is 9.86. The average Bonchev–Trinajstić information content (AvgIpc) is 2.26. The van der Waals surface area contributed by atoms with Crippen molar-refractivity contribution in [2.45, 2.75) is 6.10 Å². The third-order valence-corrected chi connectivity index (χ3v) is 3.03. The van der Waals surface area contributed by atoms with E-state index in [1.54, 1.807) is 0 Å². The van der Waals surface area contributed by atoms with Crippen LogP contribution in [0.25, 0.3) is 0 Å². The van der Waals surface area contributed by atoms with Gasteiger partial charge < -0.3 is 5.11 Å². The van der Waals surface area contributed by atoms with Crippen LogP contribution in [0.4, 0.5) is 17.6 Å². The van der Waals surface area contributed by atoms with E-state index in [1.165, 1.54) is 0 Å². The number of aliphatic hydroxyl groups is 1. The monoisotopic (exact) mass is 334 g/mol. The van der Waals surface area contributed by atoms with Crippen molar-refractivity contribution in [1.82, 2.24) is 0 Å². The molecule has 0 aliphatic rings. The topological polar surface area (TPSA) is 20.2 Å². The van der Waals surface area contributed by atoms with Crippen molar-refractivity contribution in [3.8, 4) is 0 Å². The third-order valence-electron chi connectivity index (χ3n) is 2.57. The molecule has 1 unspecified atom stereocenters. The molecule has 0 saturated carbocycles. The SMILES string of the molecule is OC(c1ccc(F)cc1F)c1c(F)cc(Br)cc1F. The van der Waals surface area contributed by atoms with Crippen molar-refractivity contribution in [2.75, 3.05) is 0 Å². The molecule has 0 aliphatic heterocycles. The van der Waals surface area contributed by atoms with Gasteiger partial charge in [-0.2, -0.15) is 0 Å². The lowest BCUT2D eigenvalue weighted by molar-refractivity contribution is 0.203. The first-order valence-electron chi connectivity index (χ1n) is 5.17. The molecule has 6 heteroatoms. The summed E-state index contributed by atoms with van der Waals surface area (Å²) in [6.07, 6.45) is -1.85. The van der Waals surface area contributed by atoms with Crippen LogP contribution in [-0.4, -0.2) is 5.11 Å². The Bertz CT molecular complexity index is 607. The quantitative estimate of drug-likeness (QED) is 0.820. The Kier molecular flexibility index (Phi) is 3.91. The van der Waals surface area contributed by atoms with Gasteiger partial charge in [0.1, 0.15) is 29.4 Å². The number of aliphatic hydroxyl groups excluding tert-OH is 1. The van der Waals surface area contributed by atoms with Gasteiger partial charge in [-0.3, -0.25) is 0 Å². The molecule has 0 aliphatic carbocycles. The summed E-state index contributed by atoms with van der Waals surface area (Å²) in [6, 6.07) is 4.27. The first-order valence-corrected chi connectivity index (χ1v) is 5.97. The minimum absolute atomic E-state index is 0.151. The Morgan fingerprint density at radius 3 is 2.00 bits per heavy atom. The maximum absolute atomic E-state index is 13.6. The lowest BCUT2D eigenvalue weighted by atomic mass is 10.00. The molecule has 0 fully saturated rings. The predicted octanol–water partition coefficient (Wildman–Crippen LogP) is 4.09. The van der Waals surface area contributed by atoms with Gasteiger partial charge in [-0.15, -0.1) is 0 Å². The molecule has 0 spiro atoms. The fraction of sp³-hybridized carbons (Fsp3) is 0.0769. The number of rotatable bonds is 2. The van der Waals surface area contributed by atoms with Gasteiger partial charge in [-0.05, 0) is 18.2 Å². The van der Waals surface area contributed by atoms with Crippen molar-refractivity contribution in [3.05, 3.63) is 69.2 Å². The highest BCUT2D eigenvalue weighted by Gasteiger charge is 2.23. The molecular formula is C13H7BrF4O. The second-order valence-corrected chi connectivity index (χ2v) is 4.77. The van der Waals surface area contributed by atoms with Gasteiger partial charge in [-0.25, -0.2) is 17.6 Å². The van der Waals surface area contributed by atoms with Crippen LogP contribution in [0.3, 0.4) is 0 Å². The van der Waals surface area contributed by atoms with Crippen molar-refractivity contribution >= 4 is 15.9 Å². The van der Waals surface area contributed by atoms with Crippen LogP contribution in [0.2, 0.25) is 0 Å². The number of benzene rings is 2. The van der Waals surface area contributed by atoms with E-state index in [9.17, 15) is 22.7 Å². The minimum Gasteiger partial charge on any atom is -0.383 e. The Morgan fingerprint density at radius 2 is 1.47 bits per heavy atom. The summed E-state index contributed by atoms with van der Waals surface area (Å²) in [6.45, 7) is 0. The van der Waals surface area contributed by atoms with Crippen LogP contribution in [0.1, 0.15) is 17.2 Å². The summed E-state index contributed by atoms with van der Waals surface area (Å²) >= 11 is 2.89. The fourth-order valence-corrected chi connectivity index (χ4v) is 2.10. The average molecular weight is 335 g/mol. The molecule has 1 nitrogen and oxygen atoms in total. The Morgan fingerprint density at radius 1 is 0.895 bits per heavy atom. The van der Waals surface area contributed by atoms with E-state index < -0.39 is 40.5 Å². The van der Waals surface area contributed by atoms with E-state index in [0.29, 0.717) is 6.07 Å². The van der Waals surface area contributed by atoms with Crippen LogP contribution < -0.4 is 0 Å². The van der Waals surface area contributed by atoms with E-state index in [0.717, 1.165) is 24.3 Å². The zero-order valence-electron chi connectivity index (χ0n) is 9.30.